The SMILES string of the molecule is C=C/C(C)=C/C(C)(N)/C=C(\C)C=C. The maximum absolute atomic E-state index is 6.02. The third-order valence-electron chi connectivity index (χ3n) is 1.72. The molecule has 0 saturated heterocycles. The van der Waals surface area contributed by atoms with E-state index in [1.165, 1.54) is 0 Å². The van der Waals surface area contributed by atoms with Gasteiger partial charge in [-0.25, -0.2) is 0 Å². The molecule has 0 fully saturated rings. The van der Waals surface area contributed by atoms with Gasteiger partial charge in [-0.2, -0.15) is 0 Å². The van der Waals surface area contributed by atoms with Gasteiger partial charge in [0, 0.05) is 0 Å². The lowest BCUT2D eigenvalue weighted by Crippen LogP contribution is -2.31. The first-order chi connectivity index (χ1) is 5.91. The van der Waals surface area contributed by atoms with Crippen molar-refractivity contribution in [3.63, 3.8) is 0 Å². The van der Waals surface area contributed by atoms with Crippen molar-refractivity contribution in [1.29, 1.82) is 0 Å². The van der Waals surface area contributed by atoms with Gasteiger partial charge in [-0.05, 0) is 20.8 Å². The molecular weight excluding hydrogens is 158 g/mol. The minimum absolute atomic E-state index is 0.420. The second kappa shape index (κ2) is 4.83. The van der Waals surface area contributed by atoms with Gasteiger partial charge in [0.05, 0.1) is 5.54 Å². The maximum Gasteiger partial charge on any atom is 0.0507 e. The summed E-state index contributed by atoms with van der Waals surface area (Å²) in [6.45, 7) is 13.3. The fraction of sp³-hybridized carbons (Fsp3) is 0.333. The molecule has 0 aliphatic rings. The lowest BCUT2D eigenvalue weighted by Gasteiger charge is -2.17. The molecule has 0 aliphatic heterocycles. The molecule has 0 aromatic carbocycles. The summed E-state index contributed by atoms with van der Waals surface area (Å²) in [6, 6.07) is 0. The summed E-state index contributed by atoms with van der Waals surface area (Å²) in [6.07, 6.45) is 7.55. The first-order valence-electron chi connectivity index (χ1n) is 4.34. The van der Waals surface area contributed by atoms with E-state index in [0.717, 1.165) is 11.1 Å². The number of nitrogens with two attached hydrogens (primary N) is 1. The van der Waals surface area contributed by atoms with Crippen molar-refractivity contribution in [1.82, 2.24) is 0 Å². The van der Waals surface area contributed by atoms with Gasteiger partial charge in [-0.1, -0.05) is 48.6 Å². The summed E-state index contributed by atoms with van der Waals surface area (Å²) in [7, 11) is 0. The van der Waals surface area contributed by atoms with E-state index in [4.69, 9.17) is 5.73 Å². The average molecular weight is 177 g/mol. The van der Waals surface area contributed by atoms with Gasteiger partial charge >= 0.3 is 0 Å². The monoisotopic (exact) mass is 177 g/mol. The molecule has 0 bridgehead atoms. The summed E-state index contributed by atoms with van der Waals surface area (Å²) >= 11 is 0. The van der Waals surface area contributed by atoms with E-state index in [0.29, 0.717) is 0 Å². The van der Waals surface area contributed by atoms with Gasteiger partial charge < -0.3 is 5.73 Å². The minimum atomic E-state index is -0.420. The zero-order valence-corrected chi connectivity index (χ0v) is 8.80. The number of rotatable bonds is 4. The highest BCUT2D eigenvalue weighted by atomic mass is 14.7. The highest BCUT2D eigenvalue weighted by Crippen LogP contribution is 2.11. The fourth-order valence-corrected chi connectivity index (χ4v) is 1.14. The molecule has 0 radical (unpaired) electrons. The van der Waals surface area contributed by atoms with E-state index in [-0.39, 0.29) is 0 Å². The summed E-state index contributed by atoms with van der Waals surface area (Å²) in [4.78, 5) is 0. The molecule has 0 aromatic heterocycles. The largest absolute Gasteiger partial charge is 0.319 e. The van der Waals surface area contributed by atoms with E-state index in [1.54, 1.807) is 12.2 Å². The molecular formula is C12H19N. The van der Waals surface area contributed by atoms with Gasteiger partial charge in [0.25, 0.3) is 0 Å². The summed E-state index contributed by atoms with van der Waals surface area (Å²) in [5.41, 5.74) is 7.76. The highest BCUT2D eigenvalue weighted by molar-refractivity contribution is 5.28. The summed E-state index contributed by atoms with van der Waals surface area (Å²) in [5, 5.41) is 0. The van der Waals surface area contributed by atoms with Crippen molar-refractivity contribution in [2.75, 3.05) is 0 Å². The Morgan fingerprint density at radius 2 is 1.38 bits per heavy atom. The predicted molar refractivity (Wildman–Crippen MR) is 60.5 cm³/mol. The minimum Gasteiger partial charge on any atom is -0.319 e. The Labute approximate surface area is 81.3 Å². The molecule has 0 atom stereocenters. The Hall–Kier alpha value is -1.08. The lowest BCUT2D eigenvalue weighted by molar-refractivity contribution is 0.726. The normalized spacial score (nSPS) is 17.8. The van der Waals surface area contributed by atoms with Crippen LogP contribution in [-0.4, -0.2) is 5.54 Å². The molecule has 0 spiro atoms. The second-order valence-electron chi connectivity index (χ2n) is 3.55. The Morgan fingerprint density at radius 1 is 1.08 bits per heavy atom. The molecule has 0 aliphatic carbocycles. The highest BCUT2D eigenvalue weighted by Gasteiger charge is 2.10. The Bertz CT molecular complexity index is 228. The Balaban J connectivity index is 4.77. The summed E-state index contributed by atoms with van der Waals surface area (Å²) in [5.74, 6) is 0. The van der Waals surface area contributed by atoms with E-state index in [2.05, 4.69) is 13.2 Å². The van der Waals surface area contributed by atoms with Crippen molar-refractivity contribution in [2.45, 2.75) is 26.3 Å². The smallest absolute Gasteiger partial charge is 0.0507 e. The van der Waals surface area contributed by atoms with Gasteiger partial charge in [0.15, 0.2) is 0 Å². The van der Waals surface area contributed by atoms with Gasteiger partial charge in [0.2, 0.25) is 0 Å². The van der Waals surface area contributed by atoms with Crippen molar-refractivity contribution in [2.24, 2.45) is 5.73 Å². The topological polar surface area (TPSA) is 26.0 Å². The maximum atomic E-state index is 6.02. The van der Waals surface area contributed by atoms with E-state index < -0.39 is 5.54 Å². The molecule has 1 heteroatoms. The number of allylic oxidation sites excluding steroid dienone is 4. The molecule has 0 saturated carbocycles. The summed E-state index contributed by atoms with van der Waals surface area (Å²) < 4.78 is 0. The fourth-order valence-electron chi connectivity index (χ4n) is 1.14. The van der Waals surface area contributed by atoms with Crippen LogP contribution in [0.5, 0.6) is 0 Å². The zero-order chi connectivity index (χ0) is 10.5. The standard InChI is InChI=1S/C12H19N/c1-6-10(3)8-12(5,13)9-11(4)7-2/h6-9H,1-2,13H2,3-5H3/b10-8+,11-9+. The zero-order valence-electron chi connectivity index (χ0n) is 8.80. The molecule has 13 heavy (non-hydrogen) atoms. The van der Waals surface area contributed by atoms with Crippen molar-refractivity contribution >= 4 is 0 Å². The van der Waals surface area contributed by atoms with Crippen LogP contribution in [0.3, 0.4) is 0 Å². The quantitative estimate of drug-likeness (QED) is 0.656. The molecule has 0 amide bonds. The third-order valence-corrected chi connectivity index (χ3v) is 1.72. The lowest BCUT2D eigenvalue weighted by atomic mass is 9.97. The molecule has 0 rings (SSSR count). The molecule has 2 N–H and O–H groups in total. The van der Waals surface area contributed by atoms with Crippen LogP contribution in [0.1, 0.15) is 20.8 Å². The van der Waals surface area contributed by atoms with Crippen LogP contribution in [0, 0.1) is 0 Å². The van der Waals surface area contributed by atoms with E-state index >= 15 is 0 Å². The van der Waals surface area contributed by atoms with Crippen molar-refractivity contribution in [3.05, 3.63) is 48.6 Å². The predicted octanol–water partition coefficient (Wildman–Crippen LogP) is 2.97. The van der Waals surface area contributed by atoms with Crippen LogP contribution in [0.2, 0.25) is 0 Å². The van der Waals surface area contributed by atoms with Crippen LogP contribution in [-0.2, 0) is 0 Å². The first-order valence-corrected chi connectivity index (χ1v) is 4.34. The molecule has 0 heterocycles. The molecule has 72 valence electrons. The Morgan fingerprint density at radius 3 is 1.62 bits per heavy atom. The second-order valence-corrected chi connectivity index (χ2v) is 3.55. The van der Waals surface area contributed by atoms with E-state index in [1.807, 2.05) is 32.9 Å². The van der Waals surface area contributed by atoms with Crippen molar-refractivity contribution < 1.29 is 0 Å². The van der Waals surface area contributed by atoms with Crippen LogP contribution >= 0.6 is 0 Å². The van der Waals surface area contributed by atoms with E-state index in [9.17, 15) is 0 Å². The third kappa shape index (κ3) is 5.21. The molecule has 1 nitrogen and oxygen atoms in total. The first kappa shape index (κ1) is 11.9. The number of hydrogen-bond acceptors (Lipinski definition) is 1. The van der Waals surface area contributed by atoms with Crippen LogP contribution in [0.4, 0.5) is 0 Å². The van der Waals surface area contributed by atoms with Gasteiger partial charge in [-0.3, -0.25) is 0 Å². The van der Waals surface area contributed by atoms with Crippen LogP contribution < -0.4 is 5.73 Å². The van der Waals surface area contributed by atoms with Gasteiger partial charge in [-0.15, -0.1) is 0 Å². The molecule has 0 unspecified atom stereocenters. The van der Waals surface area contributed by atoms with Gasteiger partial charge in [0.1, 0.15) is 0 Å². The Kier molecular flexibility index (Phi) is 4.43. The van der Waals surface area contributed by atoms with Crippen molar-refractivity contribution in [3.8, 4) is 0 Å². The molecule has 0 aromatic rings. The van der Waals surface area contributed by atoms with Crippen LogP contribution in [0.25, 0.3) is 0 Å². The number of hydrogen-bond donors (Lipinski definition) is 1. The van der Waals surface area contributed by atoms with Crippen LogP contribution in [0.15, 0.2) is 48.6 Å². The average Bonchev–Trinajstić information content (AvgIpc) is 2.02.